The molecule has 0 unspecified atom stereocenters. The molecule has 1 aromatic rings. The lowest BCUT2D eigenvalue weighted by Crippen LogP contribution is -2.39. The van der Waals surface area contributed by atoms with Gasteiger partial charge in [0.25, 0.3) is 0 Å². The number of hydrogen-bond donors (Lipinski definition) is 3. The molecule has 0 aliphatic heterocycles. The minimum absolute atomic E-state index is 0. The van der Waals surface area contributed by atoms with E-state index in [0.29, 0.717) is 12.2 Å². The van der Waals surface area contributed by atoms with Crippen LogP contribution in [0.4, 0.5) is 18.9 Å². The number of hydrogen-bond acceptors (Lipinski definition) is 3. The van der Waals surface area contributed by atoms with Crippen LogP contribution in [0, 0.1) is 0 Å². The van der Waals surface area contributed by atoms with Crippen molar-refractivity contribution in [2.75, 3.05) is 25.0 Å². The van der Waals surface area contributed by atoms with Crippen molar-refractivity contribution in [3.63, 3.8) is 0 Å². The summed E-state index contributed by atoms with van der Waals surface area (Å²) in [6, 6.07) is 3.34. The van der Waals surface area contributed by atoms with Gasteiger partial charge in [0.05, 0.1) is 18.3 Å². The van der Waals surface area contributed by atoms with E-state index in [1.165, 1.54) is 6.20 Å². The maximum Gasteiger partial charge on any atom is 0.390 e. The van der Waals surface area contributed by atoms with E-state index < -0.39 is 12.6 Å². The third-order valence-electron chi connectivity index (χ3n) is 2.37. The zero-order valence-corrected chi connectivity index (χ0v) is 14.8. The Morgan fingerprint density at radius 1 is 1.35 bits per heavy atom. The minimum atomic E-state index is -4.23. The van der Waals surface area contributed by atoms with Crippen LogP contribution < -0.4 is 16.0 Å². The number of aromatic nitrogens is 1. The fraction of sp³-hybridized carbons (Fsp3) is 0.462. The van der Waals surface area contributed by atoms with Crippen LogP contribution >= 0.6 is 24.0 Å². The minimum Gasteiger partial charge on any atom is -0.357 e. The number of guanidine groups is 1. The van der Waals surface area contributed by atoms with Crippen molar-refractivity contribution in [3.8, 4) is 0 Å². The molecule has 0 fully saturated rings. The van der Waals surface area contributed by atoms with Gasteiger partial charge in [-0.1, -0.05) is 0 Å². The summed E-state index contributed by atoms with van der Waals surface area (Å²) in [6.45, 7) is 1.73. The molecule has 1 heterocycles. The number of aliphatic imine (C=N–C) groups is 1. The number of alkyl halides is 3. The van der Waals surface area contributed by atoms with E-state index in [0.717, 1.165) is 0 Å². The van der Waals surface area contributed by atoms with Crippen LogP contribution in [0.1, 0.15) is 13.3 Å². The van der Waals surface area contributed by atoms with Gasteiger partial charge in [0.15, 0.2) is 5.96 Å². The second-order valence-corrected chi connectivity index (χ2v) is 4.28. The first-order valence-corrected chi connectivity index (χ1v) is 6.69. The van der Waals surface area contributed by atoms with Crippen LogP contribution in [0.3, 0.4) is 0 Å². The van der Waals surface area contributed by atoms with Gasteiger partial charge < -0.3 is 16.0 Å². The molecular formula is C13H19F3IN5O. The van der Waals surface area contributed by atoms with E-state index in [1.54, 1.807) is 25.3 Å². The molecule has 0 atom stereocenters. The van der Waals surface area contributed by atoms with Gasteiger partial charge in [-0.3, -0.25) is 9.78 Å². The lowest BCUT2D eigenvalue weighted by Gasteiger charge is -2.12. The molecule has 0 aliphatic rings. The topological polar surface area (TPSA) is 78.4 Å². The Labute approximate surface area is 149 Å². The lowest BCUT2D eigenvalue weighted by molar-refractivity contribution is -0.132. The zero-order chi connectivity index (χ0) is 16.4. The SMILES string of the molecule is CCNC(=NCC(=O)Nc1cccnc1)NCCC(F)(F)F.I. The third kappa shape index (κ3) is 10.7. The first kappa shape index (κ1) is 21.4. The maximum absolute atomic E-state index is 12.1. The molecule has 0 aromatic carbocycles. The molecule has 3 N–H and O–H groups in total. The molecule has 10 heteroatoms. The molecule has 0 aliphatic carbocycles. The number of amides is 1. The second kappa shape index (κ2) is 11.0. The van der Waals surface area contributed by atoms with Gasteiger partial charge in [-0.05, 0) is 19.1 Å². The molecule has 0 spiro atoms. The van der Waals surface area contributed by atoms with E-state index >= 15 is 0 Å². The highest BCUT2D eigenvalue weighted by Crippen LogP contribution is 2.17. The number of anilines is 1. The molecule has 0 bridgehead atoms. The standard InChI is InChI=1S/C13H18F3N5O.HI/c1-2-18-12(19-7-5-13(14,15)16)20-9-11(22)21-10-4-3-6-17-8-10;/h3-4,6,8H,2,5,7,9H2,1H3,(H,21,22)(H2,18,19,20);1H. The van der Waals surface area contributed by atoms with Gasteiger partial charge in [0, 0.05) is 19.3 Å². The lowest BCUT2D eigenvalue weighted by atomic mass is 10.4. The number of halogens is 4. The molecule has 1 amide bonds. The smallest absolute Gasteiger partial charge is 0.357 e. The van der Waals surface area contributed by atoms with Crippen LogP contribution in [0.15, 0.2) is 29.5 Å². The van der Waals surface area contributed by atoms with Crippen molar-refractivity contribution < 1.29 is 18.0 Å². The number of rotatable bonds is 6. The summed E-state index contributed by atoms with van der Waals surface area (Å²) in [7, 11) is 0. The van der Waals surface area contributed by atoms with Crippen molar-refractivity contribution in [2.24, 2.45) is 4.99 Å². The molecule has 0 saturated heterocycles. The fourth-order valence-corrected chi connectivity index (χ4v) is 1.45. The average molecular weight is 445 g/mol. The van der Waals surface area contributed by atoms with Crippen LogP contribution in [-0.2, 0) is 4.79 Å². The van der Waals surface area contributed by atoms with Crippen LogP contribution in [0.2, 0.25) is 0 Å². The van der Waals surface area contributed by atoms with E-state index in [9.17, 15) is 18.0 Å². The largest absolute Gasteiger partial charge is 0.390 e. The third-order valence-corrected chi connectivity index (χ3v) is 2.37. The van der Waals surface area contributed by atoms with Crippen molar-refractivity contribution >= 4 is 41.5 Å². The van der Waals surface area contributed by atoms with Gasteiger partial charge in [-0.2, -0.15) is 13.2 Å². The Bertz CT molecular complexity index is 496. The van der Waals surface area contributed by atoms with Gasteiger partial charge in [-0.25, -0.2) is 4.99 Å². The number of carbonyl (C=O) groups is 1. The summed E-state index contributed by atoms with van der Waals surface area (Å²) in [4.78, 5) is 19.4. The predicted molar refractivity (Wildman–Crippen MR) is 92.9 cm³/mol. The normalized spacial score (nSPS) is 11.4. The van der Waals surface area contributed by atoms with Gasteiger partial charge >= 0.3 is 6.18 Å². The highest BCUT2D eigenvalue weighted by molar-refractivity contribution is 14.0. The first-order chi connectivity index (χ1) is 10.4. The molecule has 23 heavy (non-hydrogen) atoms. The summed E-state index contributed by atoms with van der Waals surface area (Å²) in [5.41, 5.74) is 0.526. The van der Waals surface area contributed by atoms with Gasteiger partial charge in [0.1, 0.15) is 6.54 Å². The highest BCUT2D eigenvalue weighted by atomic mass is 127. The molecule has 6 nitrogen and oxygen atoms in total. The monoisotopic (exact) mass is 445 g/mol. The van der Waals surface area contributed by atoms with Crippen molar-refractivity contribution in [3.05, 3.63) is 24.5 Å². The number of carbonyl (C=O) groups excluding carboxylic acids is 1. The fourth-order valence-electron chi connectivity index (χ4n) is 1.45. The molecule has 1 rings (SSSR count). The maximum atomic E-state index is 12.1. The van der Waals surface area contributed by atoms with Crippen molar-refractivity contribution in [1.82, 2.24) is 15.6 Å². The second-order valence-electron chi connectivity index (χ2n) is 4.28. The summed E-state index contributed by atoms with van der Waals surface area (Å²) < 4.78 is 36.2. The molecule has 130 valence electrons. The number of nitrogens with one attached hydrogen (secondary N) is 3. The highest BCUT2D eigenvalue weighted by Gasteiger charge is 2.26. The van der Waals surface area contributed by atoms with E-state index in [-0.39, 0.29) is 48.9 Å². The number of pyridine rings is 1. The van der Waals surface area contributed by atoms with Crippen LogP contribution in [0.25, 0.3) is 0 Å². The molecule has 0 saturated carbocycles. The average Bonchev–Trinajstić information content (AvgIpc) is 2.44. The van der Waals surface area contributed by atoms with Crippen LogP contribution in [0.5, 0.6) is 0 Å². The first-order valence-electron chi connectivity index (χ1n) is 6.69. The Kier molecular flexibility index (Phi) is 10.3. The van der Waals surface area contributed by atoms with Crippen LogP contribution in [-0.4, -0.2) is 42.7 Å². The van der Waals surface area contributed by atoms with Crippen molar-refractivity contribution in [1.29, 1.82) is 0 Å². The van der Waals surface area contributed by atoms with Gasteiger partial charge in [-0.15, -0.1) is 24.0 Å². The van der Waals surface area contributed by atoms with E-state index in [2.05, 4.69) is 25.9 Å². The number of nitrogens with zero attached hydrogens (tertiary/aromatic N) is 2. The Morgan fingerprint density at radius 2 is 2.09 bits per heavy atom. The predicted octanol–water partition coefficient (Wildman–Crippen LogP) is 2.15. The molecule has 0 radical (unpaired) electrons. The Morgan fingerprint density at radius 3 is 2.65 bits per heavy atom. The van der Waals surface area contributed by atoms with Crippen molar-refractivity contribution in [2.45, 2.75) is 19.5 Å². The summed E-state index contributed by atoms with van der Waals surface area (Å²) in [6.07, 6.45) is -2.16. The van der Waals surface area contributed by atoms with Gasteiger partial charge in [0.2, 0.25) is 5.91 Å². The molecular weight excluding hydrogens is 426 g/mol. The quantitative estimate of drug-likeness (QED) is 0.356. The Hall–Kier alpha value is -1.59. The summed E-state index contributed by atoms with van der Waals surface area (Å²) in [5.74, 6) is -0.228. The Balaban J connectivity index is 0.00000484. The zero-order valence-electron chi connectivity index (χ0n) is 12.5. The molecule has 1 aromatic heterocycles. The summed E-state index contributed by atoms with van der Waals surface area (Å²) in [5, 5.41) is 7.87. The van der Waals surface area contributed by atoms with E-state index in [1.807, 2.05) is 0 Å². The van der Waals surface area contributed by atoms with E-state index in [4.69, 9.17) is 0 Å². The summed E-state index contributed by atoms with van der Waals surface area (Å²) >= 11 is 0.